The molecule has 0 amide bonds. The Labute approximate surface area is 114 Å². The molecule has 1 aliphatic heterocycles. The summed E-state index contributed by atoms with van der Waals surface area (Å²) < 4.78 is 5.87. The molecule has 2 nitrogen and oxygen atoms in total. The fourth-order valence-corrected chi connectivity index (χ4v) is 2.78. The SMILES string of the molecule is CC[C@@H]1c2ccccc2OCN1Cc1ccccc1. The van der Waals surface area contributed by atoms with Crippen LogP contribution in [0.15, 0.2) is 54.6 Å². The van der Waals surface area contributed by atoms with Crippen molar-refractivity contribution in [3.63, 3.8) is 0 Å². The van der Waals surface area contributed by atoms with Crippen LogP contribution in [0.4, 0.5) is 0 Å². The number of hydrogen-bond donors (Lipinski definition) is 0. The number of nitrogens with zero attached hydrogens (tertiary/aromatic N) is 1. The molecule has 1 aliphatic rings. The molecular formula is C17H19NO. The van der Waals surface area contributed by atoms with E-state index in [2.05, 4.69) is 60.4 Å². The standard InChI is InChI=1S/C17H19NO/c1-2-16-15-10-6-7-11-17(15)19-13-18(16)12-14-8-4-3-5-9-14/h3-11,16H,2,12-13H2,1H3/t16-/m1/s1. The van der Waals surface area contributed by atoms with Gasteiger partial charge in [0.2, 0.25) is 0 Å². The third-order valence-corrected chi connectivity index (χ3v) is 3.72. The van der Waals surface area contributed by atoms with E-state index in [0.717, 1.165) is 18.7 Å². The van der Waals surface area contributed by atoms with E-state index >= 15 is 0 Å². The molecule has 3 rings (SSSR count). The molecule has 98 valence electrons. The molecule has 2 aromatic rings. The molecule has 0 fully saturated rings. The van der Waals surface area contributed by atoms with Gasteiger partial charge in [0.25, 0.3) is 0 Å². The Morgan fingerprint density at radius 2 is 1.79 bits per heavy atom. The van der Waals surface area contributed by atoms with Crippen molar-refractivity contribution in [1.82, 2.24) is 4.90 Å². The summed E-state index contributed by atoms with van der Waals surface area (Å²) in [6.45, 7) is 3.85. The zero-order valence-corrected chi connectivity index (χ0v) is 11.3. The lowest BCUT2D eigenvalue weighted by molar-refractivity contribution is 0.0486. The first-order valence-electron chi connectivity index (χ1n) is 6.88. The monoisotopic (exact) mass is 253 g/mol. The molecule has 0 bridgehead atoms. The number of ether oxygens (including phenoxy) is 1. The van der Waals surface area contributed by atoms with E-state index in [-0.39, 0.29) is 0 Å². The summed E-state index contributed by atoms with van der Waals surface area (Å²) in [7, 11) is 0. The van der Waals surface area contributed by atoms with Crippen LogP contribution in [0.3, 0.4) is 0 Å². The fraction of sp³-hybridized carbons (Fsp3) is 0.294. The number of hydrogen-bond acceptors (Lipinski definition) is 2. The van der Waals surface area contributed by atoms with Gasteiger partial charge in [-0.1, -0.05) is 55.5 Å². The van der Waals surface area contributed by atoms with Crippen molar-refractivity contribution < 1.29 is 4.74 Å². The molecule has 0 unspecified atom stereocenters. The van der Waals surface area contributed by atoms with Crippen molar-refractivity contribution >= 4 is 0 Å². The molecule has 0 spiro atoms. The number of benzene rings is 2. The van der Waals surface area contributed by atoms with Crippen LogP contribution >= 0.6 is 0 Å². The van der Waals surface area contributed by atoms with Gasteiger partial charge < -0.3 is 4.74 Å². The molecule has 0 aliphatic carbocycles. The Kier molecular flexibility index (Phi) is 3.51. The summed E-state index contributed by atoms with van der Waals surface area (Å²) in [5.41, 5.74) is 2.65. The predicted octanol–water partition coefficient (Wildman–Crippen LogP) is 3.99. The highest BCUT2D eigenvalue weighted by Gasteiger charge is 2.26. The molecular weight excluding hydrogens is 234 g/mol. The second-order valence-electron chi connectivity index (χ2n) is 4.97. The highest BCUT2D eigenvalue weighted by Crippen LogP contribution is 2.36. The Morgan fingerprint density at radius 1 is 1.05 bits per heavy atom. The van der Waals surface area contributed by atoms with Crippen molar-refractivity contribution in [2.75, 3.05) is 6.73 Å². The minimum absolute atomic E-state index is 0.449. The Hall–Kier alpha value is -1.80. The van der Waals surface area contributed by atoms with Gasteiger partial charge in [0.05, 0.1) is 0 Å². The molecule has 19 heavy (non-hydrogen) atoms. The Morgan fingerprint density at radius 3 is 2.58 bits per heavy atom. The van der Waals surface area contributed by atoms with Gasteiger partial charge >= 0.3 is 0 Å². The first-order valence-corrected chi connectivity index (χ1v) is 6.88. The molecule has 0 saturated carbocycles. The lowest BCUT2D eigenvalue weighted by Gasteiger charge is -2.36. The molecule has 1 heterocycles. The number of fused-ring (bicyclic) bond motifs is 1. The van der Waals surface area contributed by atoms with Crippen molar-refractivity contribution in [2.45, 2.75) is 25.9 Å². The van der Waals surface area contributed by atoms with Gasteiger partial charge in [-0.2, -0.15) is 0 Å². The van der Waals surface area contributed by atoms with Crippen LogP contribution < -0.4 is 4.74 Å². The van der Waals surface area contributed by atoms with Crippen LogP contribution in [0.5, 0.6) is 5.75 Å². The highest BCUT2D eigenvalue weighted by atomic mass is 16.5. The Balaban J connectivity index is 1.84. The van der Waals surface area contributed by atoms with Crippen molar-refractivity contribution in [3.05, 3.63) is 65.7 Å². The van der Waals surface area contributed by atoms with E-state index in [9.17, 15) is 0 Å². The van der Waals surface area contributed by atoms with E-state index in [0.29, 0.717) is 12.8 Å². The third kappa shape index (κ3) is 2.49. The maximum Gasteiger partial charge on any atom is 0.142 e. The van der Waals surface area contributed by atoms with Gasteiger partial charge in [-0.3, -0.25) is 4.90 Å². The lowest BCUT2D eigenvalue weighted by Crippen LogP contribution is -2.35. The average Bonchev–Trinajstić information content (AvgIpc) is 2.48. The van der Waals surface area contributed by atoms with Crippen molar-refractivity contribution in [1.29, 1.82) is 0 Å². The van der Waals surface area contributed by atoms with Gasteiger partial charge in [0.1, 0.15) is 12.5 Å². The largest absolute Gasteiger partial charge is 0.478 e. The zero-order chi connectivity index (χ0) is 13.1. The van der Waals surface area contributed by atoms with Crippen molar-refractivity contribution in [3.8, 4) is 5.75 Å². The van der Waals surface area contributed by atoms with Gasteiger partial charge in [0.15, 0.2) is 0 Å². The van der Waals surface area contributed by atoms with Crippen LogP contribution in [0.1, 0.15) is 30.5 Å². The van der Waals surface area contributed by atoms with Gasteiger partial charge in [0, 0.05) is 18.2 Å². The third-order valence-electron chi connectivity index (χ3n) is 3.72. The number of para-hydroxylation sites is 1. The minimum atomic E-state index is 0.449. The first-order chi connectivity index (χ1) is 9.38. The summed E-state index contributed by atoms with van der Waals surface area (Å²) in [6.07, 6.45) is 1.10. The van der Waals surface area contributed by atoms with E-state index in [1.165, 1.54) is 11.1 Å². The van der Waals surface area contributed by atoms with E-state index in [1.807, 2.05) is 6.07 Å². The second-order valence-corrected chi connectivity index (χ2v) is 4.97. The van der Waals surface area contributed by atoms with Crippen LogP contribution in [0, 0.1) is 0 Å². The second kappa shape index (κ2) is 5.45. The average molecular weight is 253 g/mol. The predicted molar refractivity (Wildman–Crippen MR) is 77.0 cm³/mol. The van der Waals surface area contributed by atoms with Gasteiger partial charge in [-0.15, -0.1) is 0 Å². The molecule has 0 N–H and O–H groups in total. The fourth-order valence-electron chi connectivity index (χ4n) is 2.78. The van der Waals surface area contributed by atoms with E-state index < -0.39 is 0 Å². The van der Waals surface area contributed by atoms with E-state index in [1.54, 1.807) is 0 Å². The molecule has 2 heteroatoms. The summed E-state index contributed by atoms with van der Waals surface area (Å²) in [5, 5.41) is 0. The maximum atomic E-state index is 5.87. The molecule has 2 aromatic carbocycles. The summed E-state index contributed by atoms with van der Waals surface area (Å²) >= 11 is 0. The first kappa shape index (κ1) is 12.2. The Bertz CT molecular complexity index is 538. The number of rotatable bonds is 3. The normalized spacial score (nSPS) is 18.7. The molecule has 0 saturated heterocycles. The zero-order valence-electron chi connectivity index (χ0n) is 11.3. The van der Waals surface area contributed by atoms with Crippen LogP contribution in [-0.4, -0.2) is 11.6 Å². The smallest absolute Gasteiger partial charge is 0.142 e. The van der Waals surface area contributed by atoms with Crippen molar-refractivity contribution in [2.24, 2.45) is 0 Å². The topological polar surface area (TPSA) is 12.5 Å². The maximum absolute atomic E-state index is 5.87. The van der Waals surface area contributed by atoms with Crippen LogP contribution in [-0.2, 0) is 6.54 Å². The minimum Gasteiger partial charge on any atom is -0.478 e. The van der Waals surface area contributed by atoms with Gasteiger partial charge in [-0.05, 0) is 18.1 Å². The van der Waals surface area contributed by atoms with Gasteiger partial charge in [-0.25, -0.2) is 0 Å². The highest BCUT2D eigenvalue weighted by molar-refractivity contribution is 5.37. The summed E-state index contributed by atoms with van der Waals surface area (Å²) in [4.78, 5) is 2.40. The summed E-state index contributed by atoms with van der Waals surface area (Å²) in [5.74, 6) is 1.04. The summed E-state index contributed by atoms with van der Waals surface area (Å²) in [6, 6.07) is 19.4. The quantitative estimate of drug-likeness (QED) is 0.820. The van der Waals surface area contributed by atoms with E-state index in [4.69, 9.17) is 4.74 Å². The van der Waals surface area contributed by atoms with Crippen LogP contribution in [0.25, 0.3) is 0 Å². The van der Waals surface area contributed by atoms with Crippen LogP contribution in [0.2, 0.25) is 0 Å². The molecule has 0 aromatic heterocycles. The lowest BCUT2D eigenvalue weighted by atomic mass is 10.00. The molecule has 0 radical (unpaired) electrons. The molecule has 1 atom stereocenters.